The van der Waals surface area contributed by atoms with Crippen molar-refractivity contribution in [3.63, 3.8) is 0 Å². The Labute approximate surface area is 97.9 Å². The van der Waals surface area contributed by atoms with Gasteiger partial charge in [0.2, 0.25) is 0 Å². The third kappa shape index (κ3) is 2.41. The van der Waals surface area contributed by atoms with E-state index in [0.29, 0.717) is 6.54 Å². The minimum Gasteiger partial charge on any atom is -0.274 e. The van der Waals surface area contributed by atoms with Gasteiger partial charge in [-0.05, 0) is 17.9 Å². The van der Waals surface area contributed by atoms with Crippen molar-refractivity contribution in [2.75, 3.05) is 0 Å². The van der Waals surface area contributed by atoms with Crippen LogP contribution in [0.15, 0.2) is 22.3 Å². The molecule has 16 heavy (non-hydrogen) atoms. The summed E-state index contributed by atoms with van der Waals surface area (Å²) in [7, 11) is 0. The molecule has 0 saturated heterocycles. The molecule has 0 saturated carbocycles. The molecule has 0 aromatic carbocycles. The highest BCUT2D eigenvalue weighted by Crippen LogP contribution is 2.10. The number of hydrogen-bond acceptors (Lipinski definition) is 3. The summed E-state index contributed by atoms with van der Waals surface area (Å²) in [5, 5.41) is 8.60. The molecule has 0 aliphatic heterocycles. The number of aryl methyl sites for hydroxylation is 1. The highest BCUT2D eigenvalue weighted by Gasteiger charge is 2.08. The van der Waals surface area contributed by atoms with Gasteiger partial charge in [0, 0.05) is 11.3 Å². The van der Waals surface area contributed by atoms with Crippen LogP contribution in [-0.2, 0) is 13.0 Å². The second-order valence-electron chi connectivity index (χ2n) is 3.71. The smallest absolute Gasteiger partial charge is 0.274 e. The first-order chi connectivity index (χ1) is 7.81. The van der Waals surface area contributed by atoms with E-state index < -0.39 is 0 Å². The average Bonchev–Trinajstić information content (AvgIpc) is 2.89. The number of nitrogens with zero attached hydrogens (tertiary/aromatic N) is 2. The van der Waals surface area contributed by atoms with Crippen LogP contribution in [0.2, 0.25) is 0 Å². The zero-order valence-corrected chi connectivity index (χ0v) is 10.1. The molecule has 0 aliphatic rings. The maximum Gasteiger partial charge on any atom is 0.343 e. The molecule has 0 amide bonds. The van der Waals surface area contributed by atoms with Crippen LogP contribution < -0.4 is 5.69 Å². The van der Waals surface area contributed by atoms with Crippen molar-refractivity contribution >= 4 is 11.3 Å². The van der Waals surface area contributed by atoms with Gasteiger partial charge >= 0.3 is 5.69 Å². The van der Waals surface area contributed by atoms with Crippen molar-refractivity contribution in [2.45, 2.75) is 32.7 Å². The predicted molar refractivity (Wildman–Crippen MR) is 64.9 cm³/mol. The second kappa shape index (κ2) is 5.12. The van der Waals surface area contributed by atoms with Crippen molar-refractivity contribution < 1.29 is 0 Å². The van der Waals surface area contributed by atoms with Gasteiger partial charge in [-0.15, -0.1) is 11.3 Å². The van der Waals surface area contributed by atoms with Crippen molar-refractivity contribution in [2.24, 2.45) is 0 Å². The predicted octanol–water partition coefficient (Wildman–Crippen LogP) is 2.02. The highest BCUT2D eigenvalue weighted by atomic mass is 32.1. The van der Waals surface area contributed by atoms with Crippen molar-refractivity contribution in [1.82, 2.24) is 14.8 Å². The fourth-order valence-corrected chi connectivity index (χ4v) is 2.29. The molecule has 0 radical (unpaired) electrons. The lowest BCUT2D eigenvalue weighted by molar-refractivity contribution is 0.670. The molecule has 0 fully saturated rings. The Kier molecular flexibility index (Phi) is 3.56. The molecule has 4 nitrogen and oxygen atoms in total. The third-order valence-electron chi connectivity index (χ3n) is 2.49. The number of unbranched alkanes of at least 4 members (excludes halogenated alkanes) is 1. The number of hydrogen-bond donors (Lipinski definition) is 1. The normalized spacial score (nSPS) is 10.8. The van der Waals surface area contributed by atoms with E-state index in [1.54, 1.807) is 15.9 Å². The lowest BCUT2D eigenvalue weighted by Crippen LogP contribution is -2.19. The fraction of sp³-hybridized carbons (Fsp3) is 0.455. The standard InChI is InChI=1S/C11H15N3OS/c1-2-3-6-10-12-13-11(15)14(10)8-9-5-4-7-16-9/h4-5,7H,2-3,6,8H2,1H3,(H,13,15). The minimum atomic E-state index is -0.112. The third-order valence-corrected chi connectivity index (χ3v) is 3.35. The molecule has 2 aromatic rings. The molecule has 2 heterocycles. The van der Waals surface area contributed by atoms with Gasteiger partial charge in [0.1, 0.15) is 5.82 Å². The molecule has 0 spiro atoms. The lowest BCUT2D eigenvalue weighted by atomic mass is 10.2. The topological polar surface area (TPSA) is 50.7 Å². The molecule has 0 bridgehead atoms. The van der Waals surface area contributed by atoms with Gasteiger partial charge in [-0.3, -0.25) is 4.57 Å². The molecule has 2 aromatic heterocycles. The summed E-state index contributed by atoms with van der Waals surface area (Å²) in [6.45, 7) is 2.76. The van der Waals surface area contributed by atoms with E-state index in [0.717, 1.165) is 25.1 Å². The summed E-state index contributed by atoms with van der Waals surface area (Å²) in [6.07, 6.45) is 3.04. The zero-order valence-electron chi connectivity index (χ0n) is 9.27. The summed E-state index contributed by atoms with van der Waals surface area (Å²) >= 11 is 1.66. The van der Waals surface area contributed by atoms with Crippen LogP contribution in [0.3, 0.4) is 0 Å². The Morgan fingerprint density at radius 1 is 1.56 bits per heavy atom. The molecule has 0 unspecified atom stereocenters. The Morgan fingerprint density at radius 3 is 3.12 bits per heavy atom. The van der Waals surface area contributed by atoms with Crippen LogP contribution in [0.25, 0.3) is 0 Å². The minimum absolute atomic E-state index is 0.112. The number of thiophene rings is 1. The molecule has 86 valence electrons. The van der Waals surface area contributed by atoms with Crippen LogP contribution in [0.1, 0.15) is 30.5 Å². The number of H-pyrrole nitrogens is 1. The molecule has 0 atom stereocenters. The van der Waals surface area contributed by atoms with Gasteiger partial charge in [-0.25, -0.2) is 9.89 Å². The van der Waals surface area contributed by atoms with Gasteiger partial charge in [0.15, 0.2) is 0 Å². The molecular weight excluding hydrogens is 222 g/mol. The molecule has 2 rings (SSSR count). The van der Waals surface area contributed by atoms with E-state index in [9.17, 15) is 4.79 Å². The van der Waals surface area contributed by atoms with E-state index in [1.807, 2.05) is 17.5 Å². The summed E-state index contributed by atoms with van der Waals surface area (Å²) in [5.74, 6) is 0.861. The molecular formula is C11H15N3OS. The molecule has 5 heteroatoms. The van der Waals surface area contributed by atoms with Gasteiger partial charge in [-0.1, -0.05) is 19.4 Å². The maximum atomic E-state index is 11.6. The van der Waals surface area contributed by atoms with Gasteiger partial charge in [-0.2, -0.15) is 5.10 Å². The van der Waals surface area contributed by atoms with Gasteiger partial charge in [0.25, 0.3) is 0 Å². The second-order valence-corrected chi connectivity index (χ2v) is 4.75. The van der Waals surface area contributed by atoms with Gasteiger partial charge < -0.3 is 0 Å². The monoisotopic (exact) mass is 237 g/mol. The Hall–Kier alpha value is -1.36. The summed E-state index contributed by atoms with van der Waals surface area (Å²) in [4.78, 5) is 12.8. The Bertz CT molecular complexity index is 484. The van der Waals surface area contributed by atoms with Gasteiger partial charge in [0.05, 0.1) is 6.54 Å². The highest BCUT2D eigenvalue weighted by molar-refractivity contribution is 7.09. The van der Waals surface area contributed by atoms with Crippen LogP contribution in [0, 0.1) is 0 Å². The van der Waals surface area contributed by atoms with E-state index in [-0.39, 0.29) is 5.69 Å². The Morgan fingerprint density at radius 2 is 2.44 bits per heavy atom. The zero-order chi connectivity index (χ0) is 11.4. The SMILES string of the molecule is CCCCc1n[nH]c(=O)n1Cc1cccs1. The fourth-order valence-electron chi connectivity index (χ4n) is 1.60. The largest absolute Gasteiger partial charge is 0.343 e. The lowest BCUT2D eigenvalue weighted by Gasteiger charge is -2.02. The maximum absolute atomic E-state index is 11.6. The van der Waals surface area contributed by atoms with E-state index in [1.165, 1.54) is 4.88 Å². The van der Waals surface area contributed by atoms with E-state index in [2.05, 4.69) is 17.1 Å². The van der Waals surface area contributed by atoms with Crippen LogP contribution in [-0.4, -0.2) is 14.8 Å². The average molecular weight is 237 g/mol. The van der Waals surface area contributed by atoms with Crippen molar-refractivity contribution in [1.29, 1.82) is 0 Å². The Balaban J connectivity index is 2.18. The van der Waals surface area contributed by atoms with E-state index in [4.69, 9.17) is 0 Å². The van der Waals surface area contributed by atoms with Crippen LogP contribution in [0.4, 0.5) is 0 Å². The summed E-state index contributed by atoms with van der Waals surface area (Å²) in [6, 6.07) is 4.03. The number of aromatic nitrogens is 3. The number of rotatable bonds is 5. The van der Waals surface area contributed by atoms with E-state index >= 15 is 0 Å². The number of aromatic amines is 1. The molecule has 1 N–H and O–H groups in total. The van der Waals surface area contributed by atoms with Crippen molar-refractivity contribution in [3.8, 4) is 0 Å². The first-order valence-electron chi connectivity index (χ1n) is 5.47. The summed E-state index contributed by atoms with van der Waals surface area (Å²) in [5.41, 5.74) is -0.112. The van der Waals surface area contributed by atoms with Crippen LogP contribution >= 0.6 is 11.3 Å². The molecule has 0 aliphatic carbocycles. The first kappa shape index (κ1) is 11.1. The quantitative estimate of drug-likeness (QED) is 0.865. The first-order valence-corrected chi connectivity index (χ1v) is 6.35. The van der Waals surface area contributed by atoms with Crippen LogP contribution in [0.5, 0.6) is 0 Å². The van der Waals surface area contributed by atoms with Crippen molar-refractivity contribution in [3.05, 3.63) is 38.7 Å². The summed E-state index contributed by atoms with van der Waals surface area (Å²) < 4.78 is 1.72. The number of nitrogens with one attached hydrogen (secondary N) is 1.